The molecule has 0 radical (unpaired) electrons. The Bertz CT molecular complexity index is 6440. The minimum absolute atomic E-state index is 0.0482. The molecule has 5 unspecified atom stereocenters. The first-order valence-electron chi connectivity index (χ1n) is 49.5. The Balaban J connectivity index is 0.000000195. The number of nitrogens with one attached hydrogen (secondary N) is 2. The van der Waals surface area contributed by atoms with Gasteiger partial charge in [-0.1, -0.05) is 268 Å². The highest BCUT2D eigenvalue weighted by atomic mass is 16.6. The van der Waals surface area contributed by atoms with Crippen molar-refractivity contribution in [3.63, 3.8) is 0 Å². The standard InChI is InChI=1S/C66H73N9O6.C38H30O5.C9H17N9O3/c1-42(2)79-58-39-47-21-9-12-24-51(47)64-63(55-28-16-13-25-52(55)58)69-72-75(64)33-36-78-48(40-76-34-31-73-65-56-29-17-14-26-53(56)59(80-43(3)4)37-45-19-7-10-22-49(45)61(65)67-70-73)41-77-35-32-74-66-57-30-18-15-27-54(57)60(81-44(5)6)38-46-20-8-11-23-50(46)62(66)68-71-74;39-37(42-35-24-31-14-3-1-10-27(31)19-21-29-12-5-7-16-33(29)35)18-9-23-41-26-38(40)43-36-25-32-15-4-2-11-28(32)20-22-30-13-6-8-17-34(30)36;10-16-13-1-4-19-7-9(21-6-3-15-18-12)8-20-5-2-14-17-11/h7-30,42-44,48,58-60,69,72H,31-41H2,1-6H3;1-8,10-17,35-36H,9,18,23-26H2;9H,1-8H2. The molecule has 0 saturated heterocycles. The number of esters is 2. The average Bonchev–Trinajstić information content (AvgIpc) is 1.65. The van der Waals surface area contributed by atoms with Crippen LogP contribution in [-0.4, -0.2) is 183 Å². The Morgan fingerprint density at radius 3 is 1.20 bits per heavy atom. The van der Waals surface area contributed by atoms with Crippen LogP contribution in [0, 0.1) is 23.7 Å². The largest absolute Gasteiger partial charge is 0.457 e. The molecule has 6 aliphatic rings. The maximum absolute atomic E-state index is 12.9. The summed E-state index contributed by atoms with van der Waals surface area (Å²) in [4.78, 5) is 33.5. The summed E-state index contributed by atoms with van der Waals surface area (Å²) in [7, 11) is 0. The summed E-state index contributed by atoms with van der Waals surface area (Å²) in [6.07, 6.45) is 2.02. The highest BCUT2D eigenvalue weighted by molar-refractivity contribution is 5.93. The van der Waals surface area contributed by atoms with E-state index in [4.69, 9.17) is 94.1 Å². The molecule has 0 bridgehead atoms. The van der Waals surface area contributed by atoms with Crippen LogP contribution in [0.1, 0.15) is 174 Å². The summed E-state index contributed by atoms with van der Waals surface area (Å²) in [6.45, 7) is 17.7. The van der Waals surface area contributed by atoms with E-state index in [0.717, 1.165) is 148 Å². The number of hydrazine groups is 2. The molecule has 2 N–H and O–H groups in total. The quantitative estimate of drug-likeness (QED) is 0.00896. The lowest BCUT2D eigenvalue weighted by Crippen LogP contribution is -2.40. The zero-order valence-electron chi connectivity index (χ0n) is 82.4. The van der Waals surface area contributed by atoms with Crippen LogP contribution >= 0.6 is 0 Å². The number of ether oxygens (including phenoxy) is 12. The number of azide groups is 3. The highest BCUT2D eigenvalue weighted by Crippen LogP contribution is 2.46. The average molecular weight is 1950 g/mol. The Morgan fingerprint density at radius 1 is 0.379 bits per heavy atom. The normalized spacial score (nSPS) is 16.0. The van der Waals surface area contributed by atoms with Crippen LogP contribution in [0.5, 0.6) is 0 Å². The van der Waals surface area contributed by atoms with Crippen LogP contribution in [0.25, 0.3) is 87.8 Å². The summed E-state index contributed by atoms with van der Waals surface area (Å²) < 4.78 is 77.3. The zero-order chi connectivity index (χ0) is 100. The summed E-state index contributed by atoms with van der Waals surface area (Å²) in [6, 6.07) is 82.4. The smallest absolute Gasteiger partial charge is 0.332 e. The van der Waals surface area contributed by atoms with E-state index in [9.17, 15) is 9.59 Å². The van der Waals surface area contributed by atoms with E-state index in [1.807, 2.05) is 106 Å². The van der Waals surface area contributed by atoms with Crippen molar-refractivity contribution in [2.75, 3.05) is 105 Å². The van der Waals surface area contributed by atoms with Crippen molar-refractivity contribution in [2.24, 2.45) is 15.3 Å². The second-order valence-corrected chi connectivity index (χ2v) is 36.2. The molecule has 12 aromatic rings. The third-order valence-electron chi connectivity index (χ3n) is 25.1. The Kier molecular flexibility index (Phi) is 37.4. The first kappa shape index (κ1) is 103. The molecule has 5 aliphatic carbocycles. The molecule has 746 valence electrons. The number of carbonyl (C=O) groups is 2. The monoisotopic (exact) mass is 1950 g/mol. The summed E-state index contributed by atoms with van der Waals surface area (Å²) in [5.74, 6) is 12.1. The number of aromatic nitrogens is 6. The van der Waals surface area contributed by atoms with Crippen LogP contribution in [0.3, 0.4) is 0 Å². The van der Waals surface area contributed by atoms with E-state index in [2.05, 4.69) is 257 Å². The van der Waals surface area contributed by atoms with Crippen molar-refractivity contribution < 1.29 is 66.4 Å². The van der Waals surface area contributed by atoms with E-state index >= 15 is 0 Å². The molecule has 3 heterocycles. The molecule has 0 spiro atoms. The molecular weight excluding hydrogens is 1830 g/mol. The number of hydrogen-bond donors (Lipinski definition) is 2. The molecule has 1 aliphatic heterocycles. The number of fused-ring (bicyclic) bond motifs is 18. The van der Waals surface area contributed by atoms with Gasteiger partial charge in [0.1, 0.15) is 42.4 Å². The van der Waals surface area contributed by atoms with Crippen LogP contribution in [-0.2, 0) is 112 Å². The van der Waals surface area contributed by atoms with Crippen molar-refractivity contribution >= 4 is 23.3 Å². The van der Waals surface area contributed by atoms with Crippen LogP contribution < -0.4 is 11.0 Å². The number of nitrogens with zero attached hydrogens (tertiary/aromatic N) is 16. The third-order valence-corrected chi connectivity index (χ3v) is 25.1. The van der Waals surface area contributed by atoms with E-state index < -0.39 is 24.3 Å². The topological polar surface area (TPSA) is 380 Å². The molecule has 32 heteroatoms. The summed E-state index contributed by atoms with van der Waals surface area (Å²) in [5.41, 5.74) is 58.0. The molecular formula is C113H120N18O14. The van der Waals surface area contributed by atoms with Gasteiger partial charge in [-0.2, -0.15) is 0 Å². The molecule has 10 aromatic carbocycles. The minimum atomic E-state index is -0.473. The zero-order valence-corrected chi connectivity index (χ0v) is 82.4. The van der Waals surface area contributed by atoms with Gasteiger partial charge in [0.05, 0.1) is 145 Å². The molecule has 0 fully saturated rings. The van der Waals surface area contributed by atoms with Gasteiger partial charge in [-0.05, 0) is 133 Å². The summed E-state index contributed by atoms with van der Waals surface area (Å²) in [5, 5.41) is 31.4. The second kappa shape index (κ2) is 52.6. The molecule has 18 rings (SSSR count). The fourth-order valence-electron chi connectivity index (χ4n) is 18.7. The molecule has 2 aromatic heterocycles. The predicted octanol–water partition coefficient (Wildman–Crippen LogP) is 20.2. The van der Waals surface area contributed by atoms with E-state index in [1.54, 1.807) is 0 Å². The maximum Gasteiger partial charge on any atom is 0.332 e. The maximum atomic E-state index is 12.9. The molecule has 5 atom stereocenters. The van der Waals surface area contributed by atoms with E-state index in [1.165, 1.54) is 16.7 Å². The van der Waals surface area contributed by atoms with E-state index in [-0.39, 0.29) is 134 Å². The van der Waals surface area contributed by atoms with Gasteiger partial charge >= 0.3 is 11.9 Å². The van der Waals surface area contributed by atoms with Crippen LogP contribution in [0.4, 0.5) is 0 Å². The lowest BCUT2D eigenvalue weighted by atomic mass is 9.87. The fraction of sp³-hybridized carbons (Fsp3) is 0.363. The lowest BCUT2D eigenvalue weighted by Gasteiger charge is -2.29. The predicted molar refractivity (Wildman–Crippen MR) is 550 cm³/mol. The van der Waals surface area contributed by atoms with Gasteiger partial charge in [0.2, 0.25) is 0 Å². The first-order valence-corrected chi connectivity index (χ1v) is 49.5. The van der Waals surface area contributed by atoms with Crippen molar-refractivity contribution in [3.8, 4) is 68.7 Å². The molecule has 145 heavy (non-hydrogen) atoms. The molecule has 0 amide bonds. The van der Waals surface area contributed by atoms with Gasteiger partial charge < -0.3 is 62.3 Å². The fourth-order valence-corrected chi connectivity index (χ4v) is 18.7. The Hall–Kier alpha value is -14.6. The molecule has 0 saturated carbocycles. The number of carbonyl (C=O) groups excluding carboxylic acids is 2. The van der Waals surface area contributed by atoms with Crippen molar-refractivity contribution in [1.29, 1.82) is 0 Å². The Morgan fingerprint density at radius 2 is 0.738 bits per heavy atom. The Labute approximate surface area is 844 Å². The number of rotatable bonds is 42. The van der Waals surface area contributed by atoms with Crippen molar-refractivity contribution in [1.82, 2.24) is 46.0 Å². The first-order chi connectivity index (χ1) is 71.1. The van der Waals surface area contributed by atoms with Crippen molar-refractivity contribution in [3.05, 3.63) is 363 Å². The molecule has 32 nitrogen and oxygen atoms in total. The van der Waals surface area contributed by atoms with Gasteiger partial charge in [-0.3, -0.25) is 9.80 Å². The summed E-state index contributed by atoms with van der Waals surface area (Å²) >= 11 is 0. The van der Waals surface area contributed by atoms with Gasteiger partial charge in [0, 0.05) is 146 Å². The van der Waals surface area contributed by atoms with E-state index in [0.29, 0.717) is 58.7 Å². The van der Waals surface area contributed by atoms with Gasteiger partial charge in [0.25, 0.3) is 0 Å². The van der Waals surface area contributed by atoms with Crippen molar-refractivity contribution in [2.45, 2.75) is 161 Å². The minimum Gasteiger partial charge on any atom is -0.457 e. The highest BCUT2D eigenvalue weighted by Gasteiger charge is 2.36. The van der Waals surface area contributed by atoms with Gasteiger partial charge in [0.15, 0.2) is 0 Å². The third kappa shape index (κ3) is 27.5. The second-order valence-electron chi connectivity index (χ2n) is 36.2. The SMILES string of the molecule is CC(C)OC1Cc2ccccc2C2=C(NNN2CCOC(COCCn2nnc3c2-c2ccccc2C(OC(C)C)Cc2ccccc2-3)COCCn2nnc3c2-c2ccccc2C(OC(C)C)Cc2ccccc2-3)c2ccccc21.O=C(CCCOCC(=O)OC1Cc2ccccc2C#Cc2ccccc21)OC1Cc2ccccc2C#Cc2ccccc21.[N-]=[N+]=NCCOCC(COCCN=[N+]=[N-])OCCN=[N+]=[N-]. The number of benzene rings is 10. The van der Waals surface area contributed by atoms with Gasteiger partial charge in [-0.25, -0.2) is 14.2 Å². The van der Waals surface area contributed by atoms with Gasteiger partial charge in [-0.15, -0.1) is 15.7 Å². The number of hydrogen-bond acceptors (Lipinski definition) is 24. The lowest BCUT2D eigenvalue weighted by molar-refractivity contribution is -0.155. The van der Waals surface area contributed by atoms with Crippen LogP contribution in [0.2, 0.25) is 0 Å². The van der Waals surface area contributed by atoms with Crippen LogP contribution in [0.15, 0.2) is 258 Å².